The van der Waals surface area contributed by atoms with Crippen molar-refractivity contribution in [1.82, 2.24) is 13.9 Å². The molecule has 0 unspecified atom stereocenters. The SMILES string of the molecule is Cn1cnc(S(=O)(=O)N2CCC3(CCCO3)CC2)c1. The van der Waals surface area contributed by atoms with Crippen molar-refractivity contribution in [3.8, 4) is 0 Å². The largest absolute Gasteiger partial charge is 0.375 e. The highest BCUT2D eigenvalue weighted by molar-refractivity contribution is 7.89. The maximum atomic E-state index is 12.4. The van der Waals surface area contributed by atoms with Crippen molar-refractivity contribution in [2.24, 2.45) is 7.05 Å². The second-order valence-electron chi connectivity index (χ2n) is 5.42. The number of hydrogen-bond donors (Lipinski definition) is 0. The van der Waals surface area contributed by atoms with Gasteiger partial charge >= 0.3 is 0 Å². The number of piperidine rings is 1. The highest BCUT2D eigenvalue weighted by Crippen LogP contribution is 2.36. The molecule has 0 N–H and O–H groups in total. The quantitative estimate of drug-likeness (QED) is 0.804. The Kier molecular flexibility index (Phi) is 3.15. The van der Waals surface area contributed by atoms with E-state index in [9.17, 15) is 8.42 Å². The third-order valence-electron chi connectivity index (χ3n) is 4.10. The van der Waals surface area contributed by atoms with E-state index in [1.165, 1.54) is 10.6 Å². The van der Waals surface area contributed by atoms with Crippen LogP contribution < -0.4 is 0 Å². The molecule has 1 aromatic heterocycles. The molecule has 0 saturated carbocycles. The number of nitrogens with zero attached hydrogens (tertiary/aromatic N) is 3. The molecule has 19 heavy (non-hydrogen) atoms. The lowest BCUT2D eigenvalue weighted by molar-refractivity contribution is -0.0309. The number of rotatable bonds is 2. The van der Waals surface area contributed by atoms with Crippen LogP contribution in [0.5, 0.6) is 0 Å². The molecule has 2 saturated heterocycles. The first-order chi connectivity index (χ1) is 9.02. The first kappa shape index (κ1) is 13.1. The van der Waals surface area contributed by atoms with E-state index in [0.717, 1.165) is 32.3 Å². The highest BCUT2D eigenvalue weighted by Gasteiger charge is 2.41. The Balaban J connectivity index is 1.74. The second-order valence-corrected chi connectivity index (χ2v) is 7.30. The van der Waals surface area contributed by atoms with Gasteiger partial charge < -0.3 is 9.30 Å². The third-order valence-corrected chi connectivity index (χ3v) is 5.89. The van der Waals surface area contributed by atoms with Crippen LogP contribution in [0.25, 0.3) is 0 Å². The van der Waals surface area contributed by atoms with Crippen LogP contribution in [0.15, 0.2) is 17.6 Å². The summed E-state index contributed by atoms with van der Waals surface area (Å²) in [4.78, 5) is 3.95. The van der Waals surface area contributed by atoms with Crippen LogP contribution in [-0.2, 0) is 21.8 Å². The minimum absolute atomic E-state index is 0.0594. The number of ether oxygens (including phenoxy) is 1. The van der Waals surface area contributed by atoms with Gasteiger partial charge in [-0.3, -0.25) is 0 Å². The molecular weight excluding hydrogens is 266 g/mol. The summed E-state index contributed by atoms with van der Waals surface area (Å²) >= 11 is 0. The summed E-state index contributed by atoms with van der Waals surface area (Å²) in [6.45, 7) is 1.87. The van der Waals surface area contributed by atoms with Gasteiger partial charge in [0.15, 0.2) is 5.03 Å². The maximum absolute atomic E-state index is 12.4. The van der Waals surface area contributed by atoms with E-state index < -0.39 is 10.0 Å². The summed E-state index contributed by atoms with van der Waals surface area (Å²) in [6.07, 6.45) is 6.79. The van der Waals surface area contributed by atoms with Crippen LogP contribution >= 0.6 is 0 Å². The van der Waals surface area contributed by atoms with Crippen molar-refractivity contribution < 1.29 is 13.2 Å². The Hall–Kier alpha value is -0.920. The second kappa shape index (κ2) is 4.57. The third kappa shape index (κ3) is 2.30. The summed E-state index contributed by atoms with van der Waals surface area (Å²) in [5, 5.41) is 0.137. The molecular formula is C12H19N3O3S. The molecule has 0 aliphatic carbocycles. The van der Waals surface area contributed by atoms with Gasteiger partial charge in [0, 0.05) is 32.9 Å². The van der Waals surface area contributed by atoms with Gasteiger partial charge in [-0.05, 0) is 25.7 Å². The fourth-order valence-electron chi connectivity index (χ4n) is 2.94. The predicted molar refractivity (Wildman–Crippen MR) is 69.1 cm³/mol. The number of aryl methyl sites for hydroxylation is 1. The van der Waals surface area contributed by atoms with Gasteiger partial charge in [0.05, 0.1) is 11.9 Å². The zero-order valence-corrected chi connectivity index (χ0v) is 11.9. The summed E-state index contributed by atoms with van der Waals surface area (Å²) in [6, 6.07) is 0. The van der Waals surface area contributed by atoms with E-state index in [4.69, 9.17) is 4.74 Å². The zero-order chi connectivity index (χ0) is 13.5. The van der Waals surface area contributed by atoms with Crippen molar-refractivity contribution in [2.45, 2.75) is 36.3 Å². The lowest BCUT2D eigenvalue weighted by Gasteiger charge is -2.37. The zero-order valence-electron chi connectivity index (χ0n) is 11.1. The number of sulfonamides is 1. The number of hydrogen-bond acceptors (Lipinski definition) is 4. The van der Waals surface area contributed by atoms with Crippen LogP contribution in [0.4, 0.5) is 0 Å². The molecule has 3 rings (SSSR count). The number of aromatic nitrogens is 2. The van der Waals surface area contributed by atoms with Gasteiger partial charge in [0.2, 0.25) is 0 Å². The molecule has 106 valence electrons. The van der Waals surface area contributed by atoms with Crippen molar-refractivity contribution in [1.29, 1.82) is 0 Å². The molecule has 6 nitrogen and oxygen atoms in total. The summed E-state index contributed by atoms with van der Waals surface area (Å²) < 4.78 is 33.8. The molecule has 3 heterocycles. The minimum atomic E-state index is -3.44. The average molecular weight is 285 g/mol. The molecule has 1 spiro atoms. The predicted octanol–water partition coefficient (Wildman–Crippen LogP) is 0.754. The van der Waals surface area contributed by atoms with Gasteiger partial charge in [-0.2, -0.15) is 4.31 Å². The molecule has 7 heteroatoms. The van der Waals surface area contributed by atoms with Crippen molar-refractivity contribution in [2.75, 3.05) is 19.7 Å². The van der Waals surface area contributed by atoms with E-state index in [1.54, 1.807) is 17.8 Å². The van der Waals surface area contributed by atoms with Crippen molar-refractivity contribution >= 4 is 10.0 Å². The van der Waals surface area contributed by atoms with Gasteiger partial charge in [-0.15, -0.1) is 0 Å². The lowest BCUT2D eigenvalue weighted by Crippen LogP contribution is -2.46. The van der Waals surface area contributed by atoms with Crippen LogP contribution in [0, 0.1) is 0 Å². The Morgan fingerprint density at radius 1 is 1.32 bits per heavy atom. The van der Waals surface area contributed by atoms with Crippen LogP contribution in [0.3, 0.4) is 0 Å². The molecule has 0 atom stereocenters. The van der Waals surface area contributed by atoms with Crippen LogP contribution in [0.2, 0.25) is 0 Å². The first-order valence-corrected chi connectivity index (χ1v) is 8.08. The Labute approximate surface area is 113 Å². The fraction of sp³-hybridized carbons (Fsp3) is 0.750. The smallest absolute Gasteiger partial charge is 0.262 e. The molecule has 1 aromatic rings. The van der Waals surface area contributed by atoms with E-state index in [1.807, 2.05) is 0 Å². The van der Waals surface area contributed by atoms with Crippen LogP contribution in [-0.4, -0.2) is 47.6 Å². The maximum Gasteiger partial charge on any atom is 0.262 e. The molecule has 0 amide bonds. The van der Waals surface area contributed by atoms with Crippen molar-refractivity contribution in [3.63, 3.8) is 0 Å². The standard InChI is InChI=1S/C12H19N3O3S/c1-14-9-11(13-10-14)19(16,17)15-6-4-12(5-7-15)3-2-8-18-12/h9-10H,2-8H2,1H3. The topological polar surface area (TPSA) is 64.4 Å². The normalized spacial score (nSPS) is 24.1. The van der Waals surface area contributed by atoms with E-state index >= 15 is 0 Å². The molecule has 2 aliphatic rings. The van der Waals surface area contributed by atoms with Crippen LogP contribution in [0.1, 0.15) is 25.7 Å². The molecule has 2 fully saturated rings. The van der Waals surface area contributed by atoms with Gasteiger partial charge in [0.1, 0.15) is 0 Å². The molecule has 0 bridgehead atoms. The van der Waals surface area contributed by atoms with Gasteiger partial charge in [0.25, 0.3) is 10.0 Å². The molecule has 0 aromatic carbocycles. The molecule has 2 aliphatic heterocycles. The monoisotopic (exact) mass is 285 g/mol. The van der Waals surface area contributed by atoms with Gasteiger partial charge in [-0.1, -0.05) is 0 Å². The number of imidazole rings is 1. The minimum Gasteiger partial charge on any atom is -0.375 e. The average Bonchev–Trinajstić information content (AvgIpc) is 3.00. The Morgan fingerprint density at radius 3 is 2.58 bits per heavy atom. The first-order valence-electron chi connectivity index (χ1n) is 6.64. The molecule has 0 radical (unpaired) electrons. The Morgan fingerprint density at radius 2 is 2.05 bits per heavy atom. The summed E-state index contributed by atoms with van der Waals surface area (Å²) in [5.74, 6) is 0. The van der Waals surface area contributed by atoms with Crippen molar-refractivity contribution in [3.05, 3.63) is 12.5 Å². The van der Waals surface area contributed by atoms with E-state index in [0.29, 0.717) is 13.1 Å². The van der Waals surface area contributed by atoms with E-state index in [-0.39, 0.29) is 10.6 Å². The summed E-state index contributed by atoms with van der Waals surface area (Å²) in [7, 11) is -1.67. The lowest BCUT2D eigenvalue weighted by atomic mass is 9.90. The van der Waals surface area contributed by atoms with Gasteiger partial charge in [-0.25, -0.2) is 13.4 Å². The highest BCUT2D eigenvalue weighted by atomic mass is 32.2. The Bertz CT molecular complexity index is 551. The fourth-order valence-corrected chi connectivity index (χ4v) is 4.35. The summed E-state index contributed by atoms with van der Waals surface area (Å²) in [5.41, 5.74) is -0.0594. The van der Waals surface area contributed by atoms with E-state index in [2.05, 4.69) is 4.98 Å².